The van der Waals surface area contributed by atoms with Crippen LogP contribution in [0.5, 0.6) is 0 Å². The molecule has 140 valence electrons. The third-order valence-corrected chi connectivity index (χ3v) is 2.17. The Balaban J connectivity index is -0.000000867. The molecule has 0 aliphatic rings. The second kappa shape index (κ2) is 16.4. The fourth-order valence-corrected chi connectivity index (χ4v) is 1.48. The van der Waals surface area contributed by atoms with Gasteiger partial charge < -0.3 is 34.8 Å². The molecule has 0 spiro atoms. The van der Waals surface area contributed by atoms with E-state index in [1.807, 2.05) is 0 Å². The summed E-state index contributed by atoms with van der Waals surface area (Å²) in [5.41, 5.74) is 0. The zero-order valence-electron chi connectivity index (χ0n) is 13.3. The second-order valence-electron chi connectivity index (χ2n) is 4.26. The fraction of sp³-hybridized carbons (Fsp3) is 0.600. The molecule has 0 bridgehead atoms. The van der Waals surface area contributed by atoms with E-state index in [2.05, 4.69) is 0 Å². The normalized spacial score (nSPS) is 11.0. The van der Waals surface area contributed by atoms with Gasteiger partial charge in [-0.25, -0.2) is 0 Å². The van der Waals surface area contributed by atoms with Crippen LogP contribution in [-0.2, 0) is 23.7 Å². The van der Waals surface area contributed by atoms with Gasteiger partial charge in [-0.15, -0.1) is 0 Å². The topological polar surface area (TPSA) is 216 Å². The summed E-state index contributed by atoms with van der Waals surface area (Å²) < 4.78 is 8.63. The molecule has 0 heterocycles. The largest absolute Gasteiger partial charge is 1.00 e. The number of aliphatic carboxylic acids is 4. The summed E-state index contributed by atoms with van der Waals surface area (Å²) in [7, 11) is -3.38. The molecule has 0 rings (SSSR count). The van der Waals surface area contributed by atoms with E-state index in [1.165, 1.54) is 0 Å². The summed E-state index contributed by atoms with van der Waals surface area (Å²) in [6.07, 6.45) is 0. The zero-order chi connectivity index (χ0) is 19.3. The minimum Gasteiger partial charge on any atom is -0.781 e. The number of rotatable bonds is 11. The molecule has 0 aliphatic heterocycles. The molecule has 1 unspecified atom stereocenters. The molecule has 0 radical (unpaired) electrons. The first kappa shape index (κ1) is 28.7. The van der Waals surface area contributed by atoms with Crippen LogP contribution in [0.1, 0.15) is 0 Å². The molecule has 0 aliphatic carbocycles. The molecule has 0 aromatic carbocycles. The monoisotopic (exact) mass is 396 g/mol. The van der Waals surface area contributed by atoms with Gasteiger partial charge in [0.05, 0.1) is 26.2 Å². The summed E-state index contributed by atoms with van der Waals surface area (Å²) in [6.45, 7) is -2.25. The summed E-state index contributed by atoms with van der Waals surface area (Å²) in [5, 5.41) is 34.5. The molecule has 5 N–H and O–H groups in total. The first-order valence-electron chi connectivity index (χ1n) is 6.15. The zero-order valence-corrected chi connectivity index (χ0v) is 16.3. The molecule has 0 aromatic heterocycles. The van der Waals surface area contributed by atoms with Crippen molar-refractivity contribution in [1.29, 1.82) is 0 Å². The van der Waals surface area contributed by atoms with E-state index in [0.717, 1.165) is 9.80 Å². The third kappa shape index (κ3) is 25.3. The molecule has 25 heavy (non-hydrogen) atoms. The van der Waals surface area contributed by atoms with Gasteiger partial charge in [-0.1, -0.05) is 0 Å². The van der Waals surface area contributed by atoms with Crippen molar-refractivity contribution in [3.8, 4) is 0 Å². The van der Waals surface area contributed by atoms with Crippen molar-refractivity contribution in [2.45, 2.75) is 0 Å². The Morgan fingerprint density at radius 2 is 0.880 bits per heavy atom. The molecule has 13 nitrogen and oxygen atoms in total. The first-order chi connectivity index (χ1) is 10.9. The number of carbonyl (C=O) groups is 4. The van der Waals surface area contributed by atoms with Crippen LogP contribution in [0.25, 0.3) is 0 Å². The van der Waals surface area contributed by atoms with E-state index in [9.17, 15) is 19.2 Å². The van der Waals surface area contributed by atoms with Gasteiger partial charge in [0.25, 0.3) is 0 Å². The summed E-state index contributed by atoms with van der Waals surface area (Å²) in [6, 6.07) is 0. The molecule has 1 atom stereocenters. The van der Waals surface area contributed by atoms with E-state index in [1.54, 1.807) is 0 Å². The second-order valence-corrected chi connectivity index (χ2v) is 4.79. The number of hydrogen-bond donors (Lipinski definition) is 5. The van der Waals surface area contributed by atoms with Gasteiger partial charge in [-0.3, -0.25) is 29.0 Å². The number of carboxylic acid groups (broad SMARTS) is 4. The standard InChI is InChI=1S/C10H16N2O8.Na.H3O3P/c13-7(14)3-11(4-8(15)16)1-2-12(5-9(17)18)6-10(19)20;;1-4(2)3/h1-6H2,(H,13,14)(H,15,16)(H,17,18)(H,19,20);;4H,(H2,1,2,3)/q;+1;/p-1. The van der Waals surface area contributed by atoms with Gasteiger partial charge in [-0.05, 0) is 0 Å². The SMILES string of the molecule is O=C(O)CN(CCN(CC(=O)O)CC(=O)O)CC(=O)O.O=[PH]([O-])O.[Na+]. The van der Waals surface area contributed by atoms with Crippen molar-refractivity contribution in [2.24, 2.45) is 0 Å². The van der Waals surface area contributed by atoms with Crippen molar-refractivity contribution < 1.29 is 83.5 Å². The van der Waals surface area contributed by atoms with Crippen LogP contribution in [0, 0.1) is 0 Å². The summed E-state index contributed by atoms with van der Waals surface area (Å²) in [4.78, 5) is 60.0. The first-order valence-corrected chi connectivity index (χ1v) is 7.42. The van der Waals surface area contributed by atoms with Crippen molar-refractivity contribution in [2.75, 3.05) is 39.3 Å². The van der Waals surface area contributed by atoms with Crippen LogP contribution in [0.2, 0.25) is 0 Å². The average molecular weight is 396 g/mol. The summed E-state index contributed by atoms with van der Waals surface area (Å²) in [5.74, 6) is -4.91. The molecule has 15 heteroatoms. The van der Waals surface area contributed by atoms with E-state index in [0.29, 0.717) is 0 Å². The van der Waals surface area contributed by atoms with Gasteiger partial charge in [0.2, 0.25) is 0 Å². The van der Waals surface area contributed by atoms with Crippen molar-refractivity contribution in [3.05, 3.63) is 0 Å². The Bertz CT molecular complexity index is 404. The maximum Gasteiger partial charge on any atom is 1.00 e. The molecule has 0 saturated heterocycles. The summed E-state index contributed by atoms with van der Waals surface area (Å²) >= 11 is 0. The maximum absolute atomic E-state index is 10.6. The van der Waals surface area contributed by atoms with Crippen LogP contribution in [-0.4, -0.2) is 98.3 Å². The Hall–Kier alpha value is -1.05. The van der Waals surface area contributed by atoms with Crippen LogP contribution in [0.4, 0.5) is 0 Å². The maximum atomic E-state index is 10.6. The molecule has 0 aromatic rings. The Kier molecular flexibility index (Phi) is 18.9. The molecule has 0 fully saturated rings. The van der Waals surface area contributed by atoms with Crippen molar-refractivity contribution in [1.82, 2.24) is 9.80 Å². The van der Waals surface area contributed by atoms with Gasteiger partial charge >= 0.3 is 53.4 Å². The average Bonchev–Trinajstić information content (AvgIpc) is 2.32. The smallest absolute Gasteiger partial charge is 0.781 e. The fourth-order valence-electron chi connectivity index (χ4n) is 1.48. The molecular formula is C10H18N2NaO11P. The Labute approximate surface area is 164 Å². The van der Waals surface area contributed by atoms with E-state index >= 15 is 0 Å². The van der Waals surface area contributed by atoms with E-state index in [4.69, 9.17) is 34.8 Å². The van der Waals surface area contributed by atoms with E-state index in [-0.39, 0.29) is 42.6 Å². The third-order valence-electron chi connectivity index (χ3n) is 2.17. The van der Waals surface area contributed by atoms with Gasteiger partial charge in [0.1, 0.15) is 8.25 Å². The van der Waals surface area contributed by atoms with E-state index < -0.39 is 58.3 Å². The molecular weight excluding hydrogens is 378 g/mol. The minimum absolute atomic E-state index is 0. The van der Waals surface area contributed by atoms with Gasteiger partial charge in [0, 0.05) is 13.1 Å². The Morgan fingerprint density at radius 1 is 0.720 bits per heavy atom. The van der Waals surface area contributed by atoms with Gasteiger partial charge in [-0.2, -0.15) is 0 Å². The van der Waals surface area contributed by atoms with Crippen LogP contribution < -0.4 is 34.5 Å². The predicted molar refractivity (Wildman–Crippen MR) is 74.6 cm³/mol. The van der Waals surface area contributed by atoms with Crippen LogP contribution in [0.3, 0.4) is 0 Å². The van der Waals surface area contributed by atoms with Crippen LogP contribution >= 0.6 is 8.25 Å². The number of hydrogen-bond acceptors (Lipinski definition) is 8. The van der Waals surface area contributed by atoms with Crippen LogP contribution in [0.15, 0.2) is 0 Å². The molecule has 0 amide bonds. The molecule has 0 saturated carbocycles. The van der Waals surface area contributed by atoms with Crippen molar-refractivity contribution in [3.63, 3.8) is 0 Å². The Morgan fingerprint density at radius 3 is 1.00 bits per heavy atom. The van der Waals surface area contributed by atoms with Crippen molar-refractivity contribution >= 4 is 32.1 Å². The quantitative estimate of drug-likeness (QED) is 0.162. The number of carboxylic acids is 4. The predicted octanol–water partition coefficient (Wildman–Crippen LogP) is -6.34. The minimum atomic E-state index is -3.38. The van der Waals surface area contributed by atoms with Gasteiger partial charge in [0.15, 0.2) is 0 Å². The number of nitrogens with zero attached hydrogens (tertiary/aromatic N) is 2.